The largest absolute Gasteiger partial charge is 0.493 e. The van der Waals surface area contributed by atoms with E-state index in [1.165, 1.54) is 12.1 Å². The van der Waals surface area contributed by atoms with E-state index in [-0.39, 0.29) is 42.1 Å². The minimum absolute atomic E-state index is 0.0615. The van der Waals surface area contributed by atoms with Gasteiger partial charge >= 0.3 is 0 Å². The highest BCUT2D eigenvalue weighted by Gasteiger charge is 2.33. The lowest BCUT2D eigenvalue weighted by molar-refractivity contribution is 0.228. The van der Waals surface area contributed by atoms with Crippen LogP contribution in [-0.2, 0) is 0 Å². The fourth-order valence-corrected chi connectivity index (χ4v) is 5.82. The molecule has 10 heteroatoms. The summed E-state index contributed by atoms with van der Waals surface area (Å²) in [4.78, 5) is 0. The molecule has 3 rings (SSSR count). The van der Waals surface area contributed by atoms with Gasteiger partial charge < -0.3 is 9.47 Å². The van der Waals surface area contributed by atoms with Crippen molar-refractivity contribution in [2.24, 2.45) is 11.8 Å². The smallest absolute Gasteiger partial charge is 0.198 e. The molecule has 0 fully saturated rings. The first-order valence-corrected chi connectivity index (χ1v) is 20.0. The highest BCUT2D eigenvalue weighted by atomic mass is 28.3. The molecule has 258 valence electrons. The monoisotopic (exact) mass is 682 g/mol. The fraction of sp³-hybridized carbons (Fsp3) is 0.514. The van der Waals surface area contributed by atoms with Gasteiger partial charge in [-0.1, -0.05) is 91.8 Å². The van der Waals surface area contributed by atoms with Crippen LogP contribution in [0.4, 0.5) is 30.7 Å². The Bertz CT molecular complexity index is 1610. The van der Waals surface area contributed by atoms with Crippen molar-refractivity contribution in [3.63, 3.8) is 0 Å². The van der Waals surface area contributed by atoms with Crippen molar-refractivity contribution in [2.45, 2.75) is 98.7 Å². The zero-order valence-electron chi connectivity index (χ0n) is 28.3. The van der Waals surface area contributed by atoms with Gasteiger partial charge in [-0.25, -0.2) is 30.7 Å². The summed E-state index contributed by atoms with van der Waals surface area (Å²) in [6, 6.07) is 2.72. The predicted molar refractivity (Wildman–Crippen MR) is 177 cm³/mol. The number of hydrogen-bond acceptors (Lipinski definition) is 2. The van der Waals surface area contributed by atoms with Gasteiger partial charge in [0.05, 0.1) is 24.2 Å². The van der Waals surface area contributed by atoms with Crippen molar-refractivity contribution in [1.29, 1.82) is 0 Å². The van der Waals surface area contributed by atoms with E-state index in [2.05, 4.69) is 18.4 Å². The highest BCUT2D eigenvalue weighted by molar-refractivity contribution is 6.83. The number of hydrogen-bond donors (Lipinski definition) is 0. The summed E-state index contributed by atoms with van der Waals surface area (Å²) < 4.78 is 118. The van der Waals surface area contributed by atoms with Crippen LogP contribution in [0.5, 0.6) is 11.5 Å². The van der Waals surface area contributed by atoms with Crippen molar-refractivity contribution in [3.8, 4) is 34.1 Å². The first-order valence-electron chi connectivity index (χ1n) is 16.5. The molecule has 3 aromatic rings. The van der Waals surface area contributed by atoms with Gasteiger partial charge in [0.1, 0.15) is 19.6 Å². The van der Waals surface area contributed by atoms with Gasteiger partial charge in [-0.15, -0.1) is 5.54 Å². The van der Waals surface area contributed by atoms with E-state index in [1.54, 1.807) is 0 Å². The summed E-state index contributed by atoms with van der Waals surface area (Å²) in [6.07, 6.45) is 7.05. The van der Waals surface area contributed by atoms with Gasteiger partial charge in [-0.2, -0.15) is 0 Å². The second kappa shape index (κ2) is 16.8. The maximum Gasteiger partial charge on any atom is 0.198 e. The summed E-state index contributed by atoms with van der Waals surface area (Å²) in [5, 5.41) is -2.84. The molecule has 0 aliphatic heterocycles. The van der Waals surface area contributed by atoms with E-state index in [0.29, 0.717) is 5.56 Å². The van der Waals surface area contributed by atoms with Crippen molar-refractivity contribution >= 4 is 18.8 Å². The van der Waals surface area contributed by atoms with Gasteiger partial charge in [-0.3, -0.25) is 0 Å². The zero-order valence-corrected chi connectivity index (χ0v) is 29.3. The summed E-state index contributed by atoms with van der Waals surface area (Å²) >= 11 is 0. The van der Waals surface area contributed by atoms with Crippen LogP contribution < -0.4 is 9.47 Å². The Morgan fingerprint density at radius 1 is 0.617 bits per heavy atom. The maximum atomic E-state index is 15.8. The number of fused-ring (bicyclic) bond motifs is 1. The van der Waals surface area contributed by atoms with Crippen LogP contribution in [0, 0.1) is 64.0 Å². The zero-order chi connectivity index (χ0) is 35.1. The standard InChI is InChI=1S/C37H45F7O2Si/c1-8-12-14-22(10-3)20-45-26-19-25(27(18-24(26)16-17-47(5,6)7)46-21-23(11-4)15-13-9-2)28-29-30(33(40)35(42)31(28)38)34(41)37(44)36(43)32(29)39/h18-19,22-23H,8-15,20-21H2,1-7H3. The van der Waals surface area contributed by atoms with Gasteiger partial charge in [0, 0.05) is 22.6 Å². The van der Waals surface area contributed by atoms with E-state index in [4.69, 9.17) is 9.47 Å². The third kappa shape index (κ3) is 9.04. The summed E-state index contributed by atoms with van der Waals surface area (Å²) in [5.41, 5.74) is 2.28. The van der Waals surface area contributed by atoms with Gasteiger partial charge in [0.15, 0.2) is 40.7 Å². The average molecular weight is 683 g/mol. The third-order valence-corrected chi connectivity index (χ3v) is 9.18. The third-order valence-electron chi connectivity index (χ3n) is 8.30. The van der Waals surface area contributed by atoms with E-state index >= 15 is 13.2 Å². The molecule has 0 radical (unpaired) electrons. The number of halogens is 7. The molecular weight excluding hydrogens is 637 g/mol. The minimum Gasteiger partial charge on any atom is -0.493 e. The predicted octanol–water partition coefficient (Wildman–Crippen LogP) is 11.9. The van der Waals surface area contributed by atoms with E-state index in [9.17, 15) is 17.6 Å². The Morgan fingerprint density at radius 3 is 1.55 bits per heavy atom. The number of rotatable bonds is 15. The molecular formula is C37H45F7O2Si. The van der Waals surface area contributed by atoms with E-state index in [0.717, 1.165) is 51.4 Å². The molecule has 0 N–H and O–H groups in total. The maximum absolute atomic E-state index is 15.8. The van der Waals surface area contributed by atoms with Crippen molar-refractivity contribution in [1.82, 2.24) is 0 Å². The Kier molecular flexibility index (Phi) is 13.6. The molecule has 0 aliphatic carbocycles. The summed E-state index contributed by atoms with van der Waals surface area (Å²) in [7, 11) is -1.95. The van der Waals surface area contributed by atoms with Crippen LogP contribution in [-0.4, -0.2) is 21.3 Å². The molecule has 3 aromatic carbocycles. The Hall–Kier alpha value is -3.19. The van der Waals surface area contributed by atoms with Crippen LogP contribution in [0.15, 0.2) is 12.1 Å². The molecule has 0 saturated carbocycles. The van der Waals surface area contributed by atoms with Gasteiger partial charge in [0.25, 0.3) is 0 Å². The Morgan fingerprint density at radius 2 is 1.09 bits per heavy atom. The first kappa shape index (κ1) is 38.3. The molecule has 47 heavy (non-hydrogen) atoms. The molecule has 2 atom stereocenters. The lowest BCUT2D eigenvalue weighted by Crippen LogP contribution is -2.16. The molecule has 0 amide bonds. The molecule has 0 spiro atoms. The second-order valence-electron chi connectivity index (χ2n) is 13.1. The van der Waals surface area contributed by atoms with Crippen LogP contribution in [0.25, 0.3) is 21.9 Å². The van der Waals surface area contributed by atoms with Crippen LogP contribution in [0.1, 0.15) is 84.6 Å². The lowest BCUT2D eigenvalue weighted by atomic mass is 9.93. The average Bonchev–Trinajstić information content (AvgIpc) is 3.04. The van der Waals surface area contributed by atoms with Crippen molar-refractivity contribution in [2.75, 3.05) is 13.2 Å². The van der Waals surface area contributed by atoms with Crippen molar-refractivity contribution in [3.05, 3.63) is 58.4 Å². The highest BCUT2D eigenvalue weighted by Crippen LogP contribution is 2.45. The van der Waals surface area contributed by atoms with Crippen LogP contribution >= 0.6 is 0 Å². The number of ether oxygens (including phenoxy) is 2. The normalized spacial score (nSPS) is 13.0. The Balaban J connectivity index is 2.42. The first-order chi connectivity index (χ1) is 22.2. The summed E-state index contributed by atoms with van der Waals surface area (Å²) in [5.74, 6) is -11.8. The SMILES string of the molecule is CCCCC(CC)COc1cc(-c2c(F)c(F)c(F)c3c(F)c(F)c(F)c(F)c23)c(OCC(CC)CCCC)cc1C#C[Si](C)(C)C. The number of unbranched alkanes of at least 4 members (excludes halogenated alkanes) is 2. The van der Waals surface area contributed by atoms with Crippen LogP contribution in [0.3, 0.4) is 0 Å². The Labute approximate surface area is 275 Å². The number of benzene rings is 3. The fourth-order valence-electron chi connectivity index (χ4n) is 5.31. The topological polar surface area (TPSA) is 18.5 Å². The van der Waals surface area contributed by atoms with E-state index in [1.807, 2.05) is 40.4 Å². The quantitative estimate of drug-likeness (QED) is 0.0522. The molecule has 0 saturated heterocycles. The second-order valence-corrected chi connectivity index (χ2v) is 17.9. The molecule has 0 heterocycles. The summed E-state index contributed by atoms with van der Waals surface area (Å²) in [6.45, 7) is 14.6. The van der Waals surface area contributed by atoms with Crippen molar-refractivity contribution < 1.29 is 40.2 Å². The molecule has 0 bridgehead atoms. The lowest BCUT2D eigenvalue weighted by Gasteiger charge is -2.22. The molecule has 0 aliphatic rings. The van der Waals surface area contributed by atoms with E-state index < -0.39 is 65.1 Å². The van der Waals surface area contributed by atoms with Gasteiger partial charge in [-0.05, 0) is 30.7 Å². The molecule has 0 aromatic heterocycles. The van der Waals surface area contributed by atoms with Crippen LogP contribution in [0.2, 0.25) is 19.6 Å². The minimum atomic E-state index is -2.34. The van der Waals surface area contributed by atoms with Gasteiger partial charge in [0.2, 0.25) is 0 Å². The molecule has 2 unspecified atom stereocenters. The molecule has 2 nitrogen and oxygen atoms in total.